The van der Waals surface area contributed by atoms with Gasteiger partial charge in [0.25, 0.3) is 5.91 Å². The van der Waals surface area contributed by atoms with Crippen LogP contribution in [0.25, 0.3) is 16.2 Å². The highest BCUT2D eigenvalue weighted by Crippen LogP contribution is 2.33. The lowest BCUT2D eigenvalue weighted by molar-refractivity contribution is -0.137. The number of carbonyl (C=O) groups excluding carboxylic acids is 1. The van der Waals surface area contributed by atoms with E-state index < -0.39 is 30.4 Å². The van der Waals surface area contributed by atoms with Crippen LogP contribution in [0.2, 0.25) is 0 Å². The van der Waals surface area contributed by atoms with E-state index in [1.54, 1.807) is 10.7 Å². The van der Waals surface area contributed by atoms with Gasteiger partial charge in [0, 0.05) is 17.1 Å². The zero-order valence-electron chi connectivity index (χ0n) is 12.6. The molecule has 26 heavy (non-hydrogen) atoms. The molecule has 1 N–H and O–H groups in total. The Labute approximate surface area is 146 Å². The molecule has 2 aromatic heterocycles. The van der Waals surface area contributed by atoms with Gasteiger partial charge in [-0.25, -0.2) is 4.98 Å². The molecule has 0 unspecified atom stereocenters. The Hall–Kier alpha value is -2.56. The Morgan fingerprint density at radius 1 is 1.12 bits per heavy atom. The predicted octanol–water partition coefficient (Wildman–Crippen LogP) is 4.37. The third kappa shape index (κ3) is 3.66. The first kappa shape index (κ1) is 18.2. The van der Waals surface area contributed by atoms with E-state index in [1.807, 2.05) is 0 Å². The van der Waals surface area contributed by atoms with E-state index in [-0.39, 0.29) is 17.0 Å². The molecule has 0 atom stereocenters. The third-order valence-corrected chi connectivity index (χ3v) is 4.17. The minimum absolute atomic E-state index is 0.120. The number of halogens is 6. The van der Waals surface area contributed by atoms with Gasteiger partial charge >= 0.3 is 12.4 Å². The van der Waals surface area contributed by atoms with Crippen LogP contribution < -0.4 is 5.32 Å². The number of nitrogens with zero attached hydrogens (tertiary/aromatic N) is 2. The second-order valence-corrected chi connectivity index (χ2v) is 6.11. The molecular formula is C15H9F6N3OS. The number of benzene rings is 1. The van der Waals surface area contributed by atoms with E-state index in [1.165, 1.54) is 10.6 Å². The second-order valence-electron chi connectivity index (χ2n) is 5.24. The molecule has 0 saturated carbocycles. The largest absolute Gasteiger partial charge is 0.416 e. The molecule has 0 saturated heterocycles. The lowest BCUT2D eigenvalue weighted by Gasteiger charge is -2.10. The molecule has 0 aliphatic rings. The molecular weight excluding hydrogens is 384 g/mol. The van der Waals surface area contributed by atoms with Crippen molar-refractivity contribution in [3.63, 3.8) is 0 Å². The van der Waals surface area contributed by atoms with Crippen molar-refractivity contribution in [2.45, 2.75) is 12.4 Å². The molecule has 0 radical (unpaired) electrons. The van der Waals surface area contributed by atoms with Gasteiger partial charge < -0.3 is 5.32 Å². The molecule has 2 heterocycles. The van der Waals surface area contributed by atoms with Crippen molar-refractivity contribution in [2.24, 2.45) is 0 Å². The van der Waals surface area contributed by atoms with Gasteiger partial charge in [0.05, 0.1) is 11.3 Å². The van der Waals surface area contributed by atoms with Crippen molar-refractivity contribution in [2.75, 3.05) is 6.54 Å². The Bertz CT molecular complexity index is 939. The van der Waals surface area contributed by atoms with Gasteiger partial charge in [-0.3, -0.25) is 9.20 Å². The Kier molecular flexibility index (Phi) is 4.42. The van der Waals surface area contributed by atoms with Crippen LogP contribution in [-0.2, 0) is 6.18 Å². The van der Waals surface area contributed by atoms with Gasteiger partial charge in [0.15, 0.2) is 10.7 Å². The number of carbonyl (C=O) groups is 1. The van der Waals surface area contributed by atoms with Crippen LogP contribution in [0.4, 0.5) is 26.3 Å². The lowest BCUT2D eigenvalue weighted by Crippen LogP contribution is -2.34. The van der Waals surface area contributed by atoms with Gasteiger partial charge in [-0.2, -0.15) is 26.3 Å². The van der Waals surface area contributed by atoms with Gasteiger partial charge in [-0.15, -0.1) is 11.3 Å². The van der Waals surface area contributed by atoms with E-state index in [4.69, 9.17) is 0 Å². The molecule has 138 valence electrons. The number of hydrogen-bond acceptors (Lipinski definition) is 3. The number of thiazole rings is 1. The number of alkyl halides is 6. The molecule has 1 amide bonds. The predicted molar refractivity (Wildman–Crippen MR) is 81.9 cm³/mol. The molecule has 3 rings (SSSR count). The molecule has 11 heteroatoms. The summed E-state index contributed by atoms with van der Waals surface area (Å²) < 4.78 is 76.5. The number of amides is 1. The van der Waals surface area contributed by atoms with Gasteiger partial charge in [0.1, 0.15) is 6.54 Å². The SMILES string of the molecule is O=C(NCC(F)(F)F)c1nc2sccn2c1-c1ccc(C(F)(F)F)cc1. The Balaban J connectivity index is 2.02. The van der Waals surface area contributed by atoms with Crippen LogP contribution in [0.15, 0.2) is 35.8 Å². The highest BCUT2D eigenvalue weighted by atomic mass is 32.1. The Morgan fingerprint density at radius 3 is 2.35 bits per heavy atom. The quantitative estimate of drug-likeness (QED) is 0.672. The van der Waals surface area contributed by atoms with Gasteiger partial charge in [0.2, 0.25) is 0 Å². The van der Waals surface area contributed by atoms with Crippen molar-refractivity contribution >= 4 is 22.2 Å². The fraction of sp³-hybridized carbons (Fsp3) is 0.200. The number of nitrogens with one attached hydrogen (secondary N) is 1. The van der Waals surface area contributed by atoms with Crippen molar-refractivity contribution in [1.29, 1.82) is 0 Å². The summed E-state index contributed by atoms with van der Waals surface area (Å²) in [6, 6.07) is 3.95. The summed E-state index contributed by atoms with van der Waals surface area (Å²) in [7, 11) is 0. The zero-order chi connectivity index (χ0) is 19.1. The topological polar surface area (TPSA) is 46.4 Å². The number of imidazole rings is 1. The van der Waals surface area contributed by atoms with Crippen LogP contribution in [-0.4, -0.2) is 28.0 Å². The van der Waals surface area contributed by atoms with E-state index in [2.05, 4.69) is 4.98 Å². The first-order valence-corrected chi connectivity index (χ1v) is 7.92. The third-order valence-electron chi connectivity index (χ3n) is 3.41. The standard InChI is InChI=1S/C15H9F6N3OS/c16-14(17,18)7-22-12(25)10-11(24-5-6-26-13(24)23-10)8-1-3-9(4-2-8)15(19,20)21/h1-6H,7H2,(H,22,25). The fourth-order valence-electron chi connectivity index (χ4n) is 2.30. The minimum atomic E-state index is -4.60. The zero-order valence-corrected chi connectivity index (χ0v) is 13.5. The number of aromatic nitrogens is 2. The van der Waals surface area contributed by atoms with E-state index in [0.717, 1.165) is 35.6 Å². The summed E-state index contributed by atoms with van der Waals surface area (Å²) in [5, 5.41) is 3.35. The van der Waals surface area contributed by atoms with Crippen molar-refractivity contribution < 1.29 is 31.1 Å². The van der Waals surface area contributed by atoms with Gasteiger partial charge in [-0.1, -0.05) is 12.1 Å². The number of rotatable bonds is 3. The van der Waals surface area contributed by atoms with Crippen LogP contribution in [0.3, 0.4) is 0 Å². The fourth-order valence-corrected chi connectivity index (χ4v) is 3.02. The molecule has 0 spiro atoms. The summed E-state index contributed by atoms with van der Waals surface area (Å²) in [5.41, 5.74) is -0.827. The maximum Gasteiger partial charge on any atom is 0.416 e. The molecule has 0 fully saturated rings. The number of fused-ring (bicyclic) bond motifs is 1. The lowest BCUT2D eigenvalue weighted by atomic mass is 10.1. The highest BCUT2D eigenvalue weighted by Gasteiger charge is 2.31. The highest BCUT2D eigenvalue weighted by molar-refractivity contribution is 7.15. The summed E-state index contributed by atoms with van der Waals surface area (Å²) in [5.74, 6) is -1.06. The average molecular weight is 393 g/mol. The van der Waals surface area contributed by atoms with Crippen LogP contribution in [0, 0.1) is 0 Å². The monoisotopic (exact) mass is 393 g/mol. The van der Waals surface area contributed by atoms with E-state index in [9.17, 15) is 31.1 Å². The van der Waals surface area contributed by atoms with Crippen molar-refractivity contribution in [3.05, 3.63) is 47.1 Å². The smallest absolute Gasteiger partial charge is 0.342 e. The molecule has 0 bridgehead atoms. The van der Waals surface area contributed by atoms with Crippen molar-refractivity contribution in [1.82, 2.24) is 14.7 Å². The van der Waals surface area contributed by atoms with Crippen LogP contribution in [0.5, 0.6) is 0 Å². The van der Waals surface area contributed by atoms with Crippen molar-refractivity contribution in [3.8, 4) is 11.3 Å². The molecule has 4 nitrogen and oxygen atoms in total. The summed E-state index contributed by atoms with van der Waals surface area (Å²) in [4.78, 5) is 16.4. The first-order chi connectivity index (χ1) is 12.1. The van der Waals surface area contributed by atoms with Gasteiger partial charge in [-0.05, 0) is 12.1 Å². The Morgan fingerprint density at radius 2 is 1.77 bits per heavy atom. The molecule has 0 aliphatic carbocycles. The molecule has 3 aromatic rings. The first-order valence-electron chi connectivity index (χ1n) is 7.04. The van der Waals surface area contributed by atoms with E-state index in [0.29, 0.717) is 4.96 Å². The normalized spacial score (nSPS) is 12.5. The second kappa shape index (κ2) is 6.31. The van der Waals surface area contributed by atoms with Crippen LogP contribution in [0.1, 0.15) is 16.1 Å². The maximum atomic E-state index is 12.7. The summed E-state index contributed by atoms with van der Waals surface area (Å²) >= 11 is 1.14. The maximum absolute atomic E-state index is 12.7. The summed E-state index contributed by atoms with van der Waals surface area (Å²) in [6.07, 6.45) is -7.59. The van der Waals surface area contributed by atoms with Crippen LogP contribution >= 0.6 is 11.3 Å². The molecule has 1 aromatic carbocycles. The summed E-state index contributed by atoms with van der Waals surface area (Å²) in [6.45, 7) is -1.54. The number of hydrogen-bond donors (Lipinski definition) is 1. The average Bonchev–Trinajstić information content (AvgIpc) is 3.11. The minimum Gasteiger partial charge on any atom is -0.342 e. The molecule has 0 aliphatic heterocycles. The van der Waals surface area contributed by atoms with E-state index >= 15 is 0 Å².